The van der Waals surface area contributed by atoms with Crippen LogP contribution in [-0.4, -0.2) is 120 Å². The van der Waals surface area contributed by atoms with Crippen LogP contribution in [0.2, 0.25) is 0 Å². The van der Waals surface area contributed by atoms with E-state index < -0.39 is 41.1 Å². The van der Waals surface area contributed by atoms with Gasteiger partial charge in [-0.25, -0.2) is 0 Å². The molecule has 2 amide bonds. The van der Waals surface area contributed by atoms with Crippen molar-refractivity contribution in [2.24, 2.45) is 23.7 Å². The van der Waals surface area contributed by atoms with Crippen LogP contribution in [0.3, 0.4) is 0 Å². The van der Waals surface area contributed by atoms with E-state index in [0.717, 1.165) is 19.5 Å². The Morgan fingerprint density at radius 2 is 1.95 bits per heavy atom. The molecule has 4 heterocycles. The Hall–Kier alpha value is -2.27. The smallest absolute Gasteiger partial charge is 0.312 e. The minimum Gasteiger partial charge on any atom is -0.465 e. The average Bonchev–Trinajstić information content (AvgIpc) is 3.46. The number of carbonyl (C=O) groups excluding carboxylic acids is 3. The highest BCUT2D eigenvalue weighted by atomic mass is 16.6. The Labute approximate surface area is 244 Å². The molecule has 0 saturated carbocycles. The van der Waals surface area contributed by atoms with Crippen molar-refractivity contribution in [3.05, 3.63) is 25.3 Å². The fourth-order valence-electron chi connectivity index (χ4n) is 7.49. The number of hydrogen-bond acceptors (Lipinski definition) is 8. The van der Waals surface area contributed by atoms with Gasteiger partial charge in [-0.1, -0.05) is 32.9 Å². The lowest BCUT2D eigenvalue weighted by atomic mass is 9.62. The van der Waals surface area contributed by atoms with E-state index in [1.54, 1.807) is 22.0 Å². The van der Waals surface area contributed by atoms with Gasteiger partial charge in [0, 0.05) is 32.7 Å². The van der Waals surface area contributed by atoms with Crippen molar-refractivity contribution >= 4 is 17.8 Å². The summed E-state index contributed by atoms with van der Waals surface area (Å²) >= 11 is 0. The van der Waals surface area contributed by atoms with Crippen LogP contribution < -0.4 is 0 Å². The highest BCUT2D eigenvalue weighted by molar-refractivity contribution is 5.98. The number of nitrogens with zero attached hydrogens (tertiary/aromatic N) is 3. The van der Waals surface area contributed by atoms with Crippen molar-refractivity contribution in [2.75, 3.05) is 59.2 Å². The normalized spacial score (nSPS) is 33.6. The molecule has 10 nitrogen and oxygen atoms in total. The minimum atomic E-state index is -1.19. The first-order chi connectivity index (χ1) is 19.6. The summed E-state index contributed by atoms with van der Waals surface area (Å²) in [6.45, 7) is 19.6. The molecule has 0 aromatic rings. The zero-order chi connectivity index (χ0) is 29.9. The van der Waals surface area contributed by atoms with E-state index in [9.17, 15) is 19.5 Å². The molecule has 7 atom stereocenters. The van der Waals surface area contributed by atoms with E-state index in [1.807, 2.05) is 27.7 Å². The quantitative estimate of drug-likeness (QED) is 0.190. The Balaban J connectivity index is 1.71. The number of ether oxygens (including phenoxy) is 3. The van der Waals surface area contributed by atoms with Crippen molar-refractivity contribution in [3.63, 3.8) is 0 Å². The van der Waals surface area contributed by atoms with Gasteiger partial charge in [0.15, 0.2) is 0 Å². The van der Waals surface area contributed by atoms with Crippen LogP contribution in [0.25, 0.3) is 0 Å². The third kappa shape index (κ3) is 5.60. The lowest BCUT2D eigenvalue weighted by molar-refractivity contribution is -0.164. The molecule has 4 fully saturated rings. The number of morpholine rings is 1. The summed E-state index contributed by atoms with van der Waals surface area (Å²) < 4.78 is 18.0. The summed E-state index contributed by atoms with van der Waals surface area (Å²) in [7, 11) is 0. The molecule has 1 spiro atoms. The maximum absolute atomic E-state index is 14.6. The molecule has 0 aromatic carbocycles. The summed E-state index contributed by atoms with van der Waals surface area (Å²) in [5.41, 5.74) is -2.13. The Kier molecular flexibility index (Phi) is 9.99. The molecule has 41 heavy (non-hydrogen) atoms. The van der Waals surface area contributed by atoms with Crippen molar-refractivity contribution in [3.8, 4) is 0 Å². The highest BCUT2D eigenvalue weighted by Gasteiger charge is 2.80. The van der Waals surface area contributed by atoms with Gasteiger partial charge in [-0.2, -0.15) is 0 Å². The molecule has 4 rings (SSSR count). The Morgan fingerprint density at radius 1 is 1.24 bits per heavy atom. The molecule has 1 N–H and O–H groups in total. The number of esters is 1. The summed E-state index contributed by atoms with van der Waals surface area (Å²) in [5.74, 6) is -2.91. The molecule has 0 radical (unpaired) electrons. The molecule has 3 unspecified atom stereocenters. The van der Waals surface area contributed by atoms with Crippen LogP contribution in [0, 0.1) is 23.7 Å². The predicted octanol–water partition coefficient (Wildman–Crippen LogP) is 1.87. The standard InChI is InChI=1S/C31H49N3O7/c1-7-9-10-16-40-29(38)25-24-27(36)34(23(20-35)21(3)4)26(31(24)19-22(5)30(25,6)41-31)28(37)33(11-8-2)13-12-32-14-17-39-18-15-32/h7-8,21-26,35H,1-2,9-20H2,3-6H3/t22?,23-,24-,25-,26?,30+,31?/m0/s1. The fourth-order valence-corrected chi connectivity index (χ4v) is 7.49. The number of aliphatic hydroxyl groups excluding tert-OH is 1. The first-order valence-corrected chi connectivity index (χ1v) is 15.2. The molecule has 4 aliphatic heterocycles. The third-order valence-electron chi connectivity index (χ3n) is 9.80. The van der Waals surface area contributed by atoms with Gasteiger partial charge in [0.25, 0.3) is 0 Å². The van der Waals surface area contributed by atoms with Gasteiger partial charge in [-0.15, -0.1) is 13.2 Å². The van der Waals surface area contributed by atoms with Crippen LogP contribution in [0.5, 0.6) is 0 Å². The summed E-state index contributed by atoms with van der Waals surface area (Å²) in [6.07, 6.45) is 5.30. The van der Waals surface area contributed by atoms with Crippen LogP contribution in [0.15, 0.2) is 25.3 Å². The van der Waals surface area contributed by atoms with Crippen molar-refractivity contribution in [1.29, 1.82) is 0 Å². The van der Waals surface area contributed by atoms with Crippen molar-refractivity contribution in [2.45, 2.75) is 70.2 Å². The molecular weight excluding hydrogens is 526 g/mol. The van der Waals surface area contributed by atoms with Gasteiger partial charge >= 0.3 is 5.97 Å². The maximum Gasteiger partial charge on any atom is 0.312 e. The van der Waals surface area contributed by atoms with Gasteiger partial charge in [0.2, 0.25) is 11.8 Å². The molecular formula is C31H49N3O7. The zero-order valence-electron chi connectivity index (χ0n) is 25.3. The van der Waals surface area contributed by atoms with E-state index in [1.165, 1.54) is 0 Å². The van der Waals surface area contributed by atoms with Crippen LogP contribution in [0.4, 0.5) is 0 Å². The van der Waals surface area contributed by atoms with Crippen LogP contribution in [-0.2, 0) is 28.6 Å². The fraction of sp³-hybridized carbons (Fsp3) is 0.774. The first kappa shape index (κ1) is 31.7. The number of likely N-dealkylation sites (tertiary alicyclic amines) is 1. The lowest BCUT2D eigenvalue weighted by Gasteiger charge is -2.41. The summed E-state index contributed by atoms with van der Waals surface area (Å²) in [5, 5.41) is 10.5. The number of unbranched alkanes of at least 4 members (excludes halogenated alkanes) is 1. The van der Waals surface area contributed by atoms with Crippen LogP contribution >= 0.6 is 0 Å². The summed E-state index contributed by atoms with van der Waals surface area (Å²) in [4.78, 5) is 48.2. The van der Waals surface area contributed by atoms with Gasteiger partial charge in [0.1, 0.15) is 17.6 Å². The number of hydrogen-bond donors (Lipinski definition) is 1. The number of aliphatic hydroxyl groups is 1. The number of fused-ring (bicyclic) bond motifs is 1. The largest absolute Gasteiger partial charge is 0.465 e. The SMILES string of the molecule is C=CCCCOC(=O)[C@@H]1[C@H]2C(=O)N([C@@H](CO)C(C)C)C(C(=O)N(CC=C)CCN3CCOCC3)C23CC(C)[C@@]1(C)O3. The van der Waals surface area contributed by atoms with E-state index in [0.29, 0.717) is 45.7 Å². The maximum atomic E-state index is 14.6. The lowest BCUT2D eigenvalue weighted by Crippen LogP contribution is -2.60. The summed E-state index contributed by atoms with van der Waals surface area (Å²) in [6, 6.07) is -1.57. The minimum absolute atomic E-state index is 0.0830. The van der Waals surface area contributed by atoms with Crippen molar-refractivity contribution < 1.29 is 33.7 Å². The van der Waals surface area contributed by atoms with E-state index in [-0.39, 0.29) is 36.9 Å². The first-order valence-electron chi connectivity index (χ1n) is 15.2. The molecule has 230 valence electrons. The highest BCUT2D eigenvalue weighted by Crippen LogP contribution is 2.65. The topological polar surface area (TPSA) is 109 Å². The molecule has 4 aliphatic rings. The number of rotatable bonds is 14. The molecule has 0 aromatic heterocycles. The van der Waals surface area contributed by atoms with E-state index in [4.69, 9.17) is 14.2 Å². The number of amides is 2. The second-order valence-electron chi connectivity index (χ2n) is 12.6. The van der Waals surface area contributed by atoms with Gasteiger partial charge in [-0.3, -0.25) is 19.3 Å². The van der Waals surface area contributed by atoms with E-state index in [2.05, 4.69) is 18.1 Å². The van der Waals surface area contributed by atoms with Gasteiger partial charge < -0.3 is 29.1 Å². The molecule has 2 bridgehead atoms. The average molecular weight is 576 g/mol. The number of allylic oxidation sites excluding steroid dienone is 1. The zero-order valence-corrected chi connectivity index (χ0v) is 25.3. The monoisotopic (exact) mass is 575 g/mol. The Morgan fingerprint density at radius 3 is 2.56 bits per heavy atom. The Bertz CT molecular complexity index is 998. The van der Waals surface area contributed by atoms with Crippen LogP contribution in [0.1, 0.15) is 47.0 Å². The second kappa shape index (κ2) is 12.9. The van der Waals surface area contributed by atoms with Gasteiger partial charge in [-0.05, 0) is 38.0 Å². The second-order valence-corrected chi connectivity index (χ2v) is 12.6. The number of carbonyl (C=O) groups is 3. The van der Waals surface area contributed by atoms with E-state index >= 15 is 0 Å². The van der Waals surface area contributed by atoms with Gasteiger partial charge in [0.05, 0.1) is 44.0 Å². The molecule has 0 aliphatic carbocycles. The molecule has 10 heteroatoms. The van der Waals surface area contributed by atoms with Crippen molar-refractivity contribution in [1.82, 2.24) is 14.7 Å². The predicted molar refractivity (Wildman–Crippen MR) is 154 cm³/mol. The molecule has 4 saturated heterocycles. The third-order valence-corrected chi connectivity index (χ3v) is 9.80.